The van der Waals surface area contributed by atoms with Crippen LogP contribution in [0.4, 0.5) is 20.4 Å². The van der Waals surface area contributed by atoms with E-state index in [0.29, 0.717) is 38.2 Å². The molecule has 1 aromatic heterocycles. The molecule has 7 nitrogen and oxygen atoms in total. The summed E-state index contributed by atoms with van der Waals surface area (Å²) in [6, 6.07) is 4.55. The van der Waals surface area contributed by atoms with E-state index in [1.165, 1.54) is 0 Å². The lowest BCUT2D eigenvalue weighted by atomic mass is 10.2. The third kappa shape index (κ3) is 4.29. The highest BCUT2D eigenvalue weighted by atomic mass is 19.1. The molecule has 1 saturated heterocycles. The number of carbonyl (C=O) groups excluding carboxylic acids is 2. The SMILES string of the molecule is O=C(CC(=O)N1CCN(c2ncccn2)CC1)Nc1ccc(F)cc1F. The first-order chi connectivity index (χ1) is 12.5. The van der Waals surface area contributed by atoms with Crippen LogP contribution in [0.25, 0.3) is 0 Å². The fourth-order valence-electron chi connectivity index (χ4n) is 2.64. The largest absolute Gasteiger partial charge is 0.339 e. The zero-order valence-corrected chi connectivity index (χ0v) is 13.9. The average molecular weight is 361 g/mol. The van der Waals surface area contributed by atoms with Crippen molar-refractivity contribution in [1.82, 2.24) is 14.9 Å². The van der Waals surface area contributed by atoms with Crippen molar-refractivity contribution in [1.29, 1.82) is 0 Å². The summed E-state index contributed by atoms with van der Waals surface area (Å²) < 4.78 is 26.4. The average Bonchev–Trinajstić information content (AvgIpc) is 2.65. The lowest BCUT2D eigenvalue weighted by Crippen LogP contribution is -2.49. The summed E-state index contributed by atoms with van der Waals surface area (Å²) in [7, 11) is 0. The van der Waals surface area contributed by atoms with E-state index >= 15 is 0 Å². The molecule has 1 N–H and O–H groups in total. The predicted octanol–water partition coefficient (Wildman–Crippen LogP) is 1.43. The van der Waals surface area contributed by atoms with Crippen LogP contribution in [0.3, 0.4) is 0 Å². The Balaban J connectivity index is 1.50. The minimum atomic E-state index is -0.887. The number of amides is 2. The first-order valence-corrected chi connectivity index (χ1v) is 8.07. The molecule has 2 aromatic rings. The van der Waals surface area contributed by atoms with Crippen molar-refractivity contribution < 1.29 is 18.4 Å². The van der Waals surface area contributed by atoms with Gasteiger partial charge in [0.15, 0.2) is 0 Å². The third-order valence-corrected chi connectivity index (χ3v) is 3.98. The summed E-state index contributed by atoms with van der Waals surface area (Å²) in [5.41, 5.74) is -0.157. The first-order valence-electron chi connectivity index (χ1n) is 8.07. The maximum Gasteiger partial charge on any atom is 0.233 e. The summed E-state index contributed by atoms with van der Waals surface area (Å²) in [4.78, 5) is 36.0. The molecule has 1 aromatic carbocycles. The van der Waals surface area contributed by atoms with Gasteiger partial charge in [0.25, 0.3) is 0 Å². The van der Waals surface area contributed by atoms with E-state index < -0.39 is 24.0 Å². The van der Waals surface area contributed by atoms with Crippen LogP contribution in [0.2, 0.25) is 0 Å². The molecule has 0 atom stereocenters. The van der Waals surface area contributed by atoms with Crippen LogP contribution < -0.4 is 10.2 Å². The van der Waals surface area contributed by atoms with Crippen molar-refractivity contribution in [2.45, 2.75) is 6.42 Å². The lowest BCUT2D eigenvalue weighted by molar-refractivity contribution is -0.134. The van der Waals surface area contributed by atoms with E-state index in [0.717, 1.165) is 12.1 Å². The van der Waals surface area contributed by atoms with Gasteiger partial charge in [0, 0.05) is 44.6 Å². The van der Waals surface area contributed by atoms with Gasteiger partial charge in [0.1, 0.15) is 18.1 Å². The van der Waals surface area contributed by atoms with E-state index in [-0.39, 0.29) is 11.6 Å². The summed E-state index contributed by atoms with van der Waals surface area (Å²) in [5.74, 6) is -2.02. The number of aromatic nitrogens is 2. The zero-order valence-electron chi connectivity index (χ0n) is 13.9. The Morgan fingerprint density at radius 3 is 2.42 bits per heavy atom. The Morgan fingerprint density at radius 1 is 1.08 bits per heavy atom. The molecule has 0 unspecified atom stereocenters. The summed E-state index contributed by atoms with van der Waals surface area (Å²) in [6.07, 6.45) is 2.90. The first kappa shape index (κ1) is 17.7. The van der Waals surface area contributed by atoms with Crippen LogP contribution >= 0.6 is 0 Å². The number of hydrogen-bond donors (Lipinski definition) is 1. The van der Waals surface area contributed by atoms with Gasteiger partial charge >= 0.3 is 0 Å². The molecule has 1 fully saturated rings. The molecule has 3 rings (SSSR count). The lowest BCUT2D eigenvalue weighted by Gasteiger charge is -2.34. The van der Waals surface area contributed by atoms with E-state index in [2.05, 4.69) is 15.3 Å². The zero-order chi connectivity index (χ0) is 18.5. The molecule has 0 bridgehead atoms. The number of rotatable bonds is 4. The number of anilines is 2. The minimum absolute atomic E-state index is 0.157. The Morgan fingerprint density at radius 2 is 1.77 bits per heavy atom. The van der Waals surface area contributed by atoms with Crippen LogP contribution in [0, 0.1) is 11.6 Å². The number of nitrogens with zero attached hydrogens (tertiary/aromatic N) is 4. The van der Waals surface area contributed by atoms with Crippen LogP contribution in [-0.2, 0) is 9.59 Å². The van der Waals surface area contributed by atoms with Gasteiger partial charge in [-0.1, -0.05) is 0 Å². The third-order valence-electron chi connectivity index (χ3n) is 3.98. The van der Waals surface area contributed by atoms with Crippen LogP contribution in [0.5, 0.6) is 0 Å². The number of piperazine rings is 1. The molecule has 0 saturated carbocycles. The molecule has 1 aliphatic heterocycles. The molecule has 2 heterocycles. The Labute approximate surface area is 148 Å². The molecule has 1 aliphatic rings. The number of carbonyl (C=O) groups is 2. The smallest absolute Gasteiger partial charge is 0.233 e. The van der Waals surface area contributed by atoms with Crippen molar-refractivity contribution in [3.8, 4) is 0 Å². The van der Waals surface area contributed by atoms with Gasteiger partial charge in [0.05, 0.1) is 5.69 Å². The second kappa shape index (κ2) is 7.85. The Hall–Kier alpha value is -3.10. The van der Waals surface area contributed by atoms with Gasteiger partial charge in [-0.3, -0.25) is 9.59 Å². The number of hydrogen-bond acceptors (Lipinski definition) is 5. The minimum Gasteiger partial charge on any atom is -0.339 e. The highest BCUT2D eigenvalue weighted by Crippen LogP contribution is 2.16. The Kier molecular flexibility index (Phi) is 5.35. The number of nitrogens with one attached hydrogen (secondary N) is 1. The maximum absolute atomic E-state index is 13.5. The molecule has 0 aliphatic carbocycles. The van der Waals surface area contributed by atoms with E-state index in [1.807, 2.05) is 4.90 Å². The van der Waals surface area contributed by atoms with Gasteiger partial charge in [-0.2, -0.15) is 0 Å². The number of halogens is 2. The van der Waals surface area contributed by atoms with Gasteiger partial charge in [0.2, 0.25) is 17.8 Å². The fourth-order valence-corrected chi connectivity index (χ4v) is 2.64. The van der Waals surface area contributed by atoms with Crippen LogP contribution in [0.15, 0.2) is 36.7 Å². The van der Waals surface area contributed by atoms with Crippen LogP contribution in [-0.4, -0.2) is 52.9 Å². The highest BCUT2D eigenvalue weighted by Gasteiger charge is 2.24. The Bertz CT molecular complexity index is 795. The molecule has 2 amide bonds. The van der Waals surface area contributed by atoms with Crippen molar-refractivity contribution >= 4 is 23.5 Å². The quantitative estimate of drug-likeness (QED) is 0.834. The van der Waals surface area contributed by atoms with Gasteiger partial charge < -0.3 is 15.1 Å². The highest BCUT2D eigenvalue weighted by molar-refractivity contribution is 6.03. The molecule has 26 heavy (non-hydrogen) atoms. The molecule has 0 spiro atoms. The summed E-state index contributed by atoms with van der Waals surface area (Å²) >= 11 is 0. The predicted molar refractivity (Wildman–Crippen MR) is 90.4 cm³/mol. The monoisotopic (exact) mass is 361 g/mol. The summed E-state index contributed by atoms with van der Waals surface area (Å²) in [6.45, 7) is 2.00. The molecular weight excluding hydrogens is 344 g/mol. The molecular formula is C17H17F2N5O2. The molecule has 136 valence electrons. The fraction of sp³-hybridized carbons (Fsp3) is 0.294. The number of benzene rings is 1. The van der Waals surface area contributed by atoms with Crippen molar-refractivity contribution in [3.63, 3.8) is 0 Å². The summed E-state index contributed by atoms with van der Waals surface area (Å²) in [5, 5.41) is 2.28. The molecule has 0 radical (unpaired) electrons. The second-order valence-corrected chi connectivity index (χ2v) is 5.77. The van der Waals surface area contributed by atoms with Crippen molar-refractivity contribution in [3.05, 3.63) is 48.3 Å². The van der Waals surface area contributed by atoms with Gasteiger partial charge in [-0.15, -0.1) is 0 Å². The molecule has 9 heteroatoms. The second-order valence-electron chi connectivity index (χ2n) is 5.77. The van der Waals surface area contributed by atoms with Crippen molar-refractivity contribution in [2.24, 2.45) is 0 Å². The van der Waals surface area contributed by atoms with E-state index in [1.54, 1.807) is 23.4 Å². The normalized spacial score (nSPS) is 14.2. The van der Waals surface area contributed by atoms with Crippen LogP contribution in [0.1, 0.15) is 6.42 Å². The maximum atomic E-state index is 13.5. The van der Waals surface area contributed by atoms with E-state index in [9.17, 15) is 18.4 Å². The van der Waals surface area contributed by atoms with Crippen molar-refractivity contribution in [2.75, 3.05) is 36.4 Å². The standard InChI is InChI=1S/C17H17F2N5O2/c18-12-2-3-14(13(19)10-12)22-15(25)11-16(26)23-6-8-24(9-7-23)17-20-4-1-5-21-17/h1-5,10H,6-9,11H2,(H,22,25). The topological polar surface area (TPSA) is 78.4 Å². The van der Waals surface area contributed by atoms with Gasteiger partial charge in [-0.25, -0.2) is 18.7 Å². The van der Waals surface area contributed by atoms with Gasteiger partial charge in [-0.05, 0) is 18.2 Å². The van der Waals surface area contributed by atoms with E-state index in [4.69, 9.17) is 0 Å².